The molecule has 0 amide bonds. The quantitative estimate of drug-likeness (QED) is 0.565. The molecule has 1 heterocycles. The van der Waals surface area contributed by atoms with Crippen molar-refractivity contribution >= 4 is 19.3 Å². The van der Waals surface area contributed by atoms with Crippen LogP contribution < -0.4 is 5.09 Å². The molecule has 4 nitrogen and oxygen atoms in total. The fourth-order valence-corrected chi connectivity index (χ4v) is 3.24. The van der Waals surface area contributed by atoms with E-state index in [1.807, 2.05) is 0 Å². The number of alkyl halides is 1. The molecule has 1 unspecified atom stereocenters. The Morgan fingerprint density at radius 2 is 2.50 bits per heavy atom. The highest BCUT2D eigenvalue weighted by Crippen LogP contribution is 2.48. The van der Waals surface area contributed by atoms with Gasteiger partial charge < -0.3 is 4.52 Å². The number of halogens is 1. The molecule has 1 atom stereocenters. The van der Waals surface area contributed by atoms with Gasteiger partial charge in [0, 0.05) is 19.0 Å². The average molecular weight is 213 g/mol. The van der Waals surface area contributed by atoms with Crippen LogP contribution in [0.4, 0.5) is 0 Å². The highest BCUT2D eigenvalue weighted by atomic mass is 35.5. The Bertz CT molecular complexity index is 188. The lowest BCUT2D eigenvalue weighted by molar-refractivity contribution is 0.205. The average Bonchev–Trinajstić information content (AvgIpc) is 2.10. The van der Waals surface area contributed by atoms with Crippen LogP contribution in [-0.4, -0.2) is 37.3 Å². The van der Waals surface area contributed by atoms with Crippen molar-refractivity contribution in [2.75, 3.05) is 32.6 Å². The lowest BCUT2D eigenvalue weighted by Crippen LogP contribution is -2.34. The van der Waals surface area contributed by atoms with E-state index in [1.165, 1.54) is 0 Å². The SMILES string of the molecule is CNP1(=O)OCCCN1CCCl. The third-order valence-electron chi connectivity index (χ3n) is 1.82. The third kappa shape index (κ3) is 2.21. The van der Waals surface area contributed by atoms with Gasteiger partial charge in [0.25, 0.3) is 0 Å². The molecule has 0 aliphatic carbocycles. The first-order valence-corrected chi connectivity index (χ1v) is 6.09. The normalized spacial score (nSPS) is 32.2. The molecule has 12 heavy (non-hydrogen) atoms. The summed E-state index contributed by atoms with van der Waals surface area (Å²) in [5.74, 6) is 0.481. The lowest BCUT2D eigenvalue weighted by atomic mass is 10.4. The maximum Gasteiger partial charge on any atom is 0.343 e. The van der Waals surface area contributed by atoms with Crippen LogP contribution in [-0.2, 0) is 9.09 Å². The zero-order valence-electron chi connectivity index (χ0n) is 7.12. The van der Waals surface area contributed by atoms with E-state index in [0.717, 1.165) is 13.0 Å². The summed E-state index contributed by atoms with van der Waals surface area (Å²) in [6, 6.07) is 0. The predicted octanol–water partition coefficient (Wildman–Crippen LogP) is 1.27. The van der Waals surface area contributed by atoms with Crippen LogP contribution in [0.15, 0.2) is 0 Å². The van der Waals surface area contributed by atoms with Gasteiger partial charge in [-0.1, -0.05) is 0 Å². The van der Waals surface area contributed by atoms with Gasteiger partial charge in [0.1, 0.15) is 0 Å². The predicted molar refractivity (Wildman–Crippen MR) is 49.5 cm³/mol. The van der Waals surface area contributed by atoms with Gasteiger partial charge >= 0.3 is 7.67 Å². The summed E-state index contributed by atoms with van der Waals surface area (Å²) >= 11 is 5.57. The molecule has 1 aliphatic rings. The van der Waals surface area contributed by atoms with Gasteiger partial charge in [0.05, 0.1) is 6.61 Å². The molecule has 6 heteroatoms. The zero-order valence-corrected chi connectivity index (χ0v) is 8.77. The molecular formula is C6H14ClN2O2P. The summed E-state index contributed by atoms with van der Waals surface area (Å²) in [5.41, 5.74) is 0. The highest BCUT2D eigenvalue weighted by molar-refractivity contribution is 7.54. The van der Waals surface area contributed by atoms with E-state index in [0.29, 0.717) is 19.0 Å². The molecule has 0 radical (unpaired) electrons. The summed E-state index contributed by atoms with van der Waals surface area (Å²) in [6.45, 7) is 1.97. The van der Waals surface area contributed by atoms with Crippen molar-refractivity contribution in [3.8, 4) is 0 Å². The first kappa shape index (κ1) is 10.5. The van der Waals surface area contributed by atoms with Gasteiger partial charge in [0.15, 0.2) is 0 Å². The Balaban J connectivity index is 2.60. The molecule has 0 aromatic carbocycles. The van der Waals surface area contributed by atoms with E-state index in [9.17, 15) is 4.57 Å². The number of rotatable bonds is 3. The van der Waals surface area contributed by atoms with Crippen LogP contribution in [0.25, 0.3) is 0 Å². The summed E-state index contributed by atoms with van der Waals surface area (Å²) in [5, 5.41) is 2.72. The second kappa shape index (κ2) is 4.58. The molecule has 0 spiro atoms. The van der Waals surface area contributed by atoms with Crippen LogP contribution in [0.5, 0.6) is 0 Å². The molecule has 0 aromatic heterocycles. The Hall–Kier alpha value is 0.400. The van der Waals surface area contributed by atoms with Gasteiger partial charge in [-0.15, -0.1) is 11.6 Å². The van der Waals surface area contributed by atoms with Crippen molar-refractivity contribution in [2.45, 2.75) is 6.42 Å². The van der Waals surface area contributed by atoms with Crippen LogP contribution >= 0.6 is 19.3 Å². The van der Waals surface area contributed by atoms with Crippen molar-refractivity contribution in [2.24, 2.45) is 0 Å². The van der Waals surface area contributed by atoms with Crippen molar-refractivity contribution < 1.29 is 9.09 Å². The molecule has 0 bridgehead atoms. The van der Waals surface area contributed by atoms with Gasteiger partial charge in [-0.25, -0.2) is 9.76 Å². The molecule has 1 fully saturated rings. The summed E-state index contributed by atoms with van der Waals surface area (Å²) in [4.78, 5) is 0. The Kier molecular flexibility index (Phi) is 4.00. The lowest BCUT2D eigenvalue weighted by Gasteiger charge is -2.33. The maximum atomic E-state index is 11.9. The van der Waals surface area contributed by atoms with E-state index in [1.54, 1.807) is 11.7 Å². The van der Waals surface area contributed by atoms with Crippen molar-refractivity contribution in [3.63, 3.8) is 0 Å². The summed E-state index contributed by atoms with van der Waals surface area (Å²) in [7, 11) is -1.08. The van der Waals surface area contributed by atoms with E-state index < -0.39 is 7.67 Å². The Morgan fingerprint density at radius 3 is 3.08 bits per heavy atom. The molecule has 1 N–H and O–H groups in total. The minimum Gasteiger partial charge on any atom is -0.306 e. The Labute approximate surface area is 77.8 Å². The van der Waals surface area contributed by atoms with Crippen molar-refractivity contribution in [3.05, 3.63) is 0 Å². The highest BCUT2D eigenvalue weighted by Gasteiger charge is 2.32. The topological polar surface area (TPSA) is 41.6 Å². The van der Waals surface area contributed by atoms with Crippen LogP contribution in [0, 0.1) is 0 Å². The second-order valence-corrected chi connectivity index (χ2v) is 5.26. The molecule has 0 aromatic rings. The molecule has 1 rings (SSSR count). The number of nitrogens with one attached hydrogen (secondary N) is 1. The number of hydrogen-bond donors (Lipinski definition) is 1. The van der Waals surface area contributed by atoms with Crippen LogP contribution in [0.2, 0.25) is 0 Å². The van der Waals surface area contributed by atoms with E-state index in [-0.39, 0.29) is 0 Å². The fourth-order valence-electron chi connectivity index (χ4n) is 1.20. The van der Waals surface area contributed by atoms with E-state index in [4.69, 9.17) is 16.1 Å². The number of hydrogen-bond acceptors (Lipinski definition) is 2. The molecular weight excluding hydrogens is 199 g/mol. The minimum absolute atomic E-state index is 0.481. The fraction of sp³-hybridized carbons (Fsp3) is 1.00. The minimum atomic E-state index is -2.72. The molecule has 0 saturated carbocycles. The Morgan fingerprint density at radius 1 is 1.75 bits per heavy atom. The molecule has 1 saturated heterocycles. The largest absolute Gasteiger partial charge is 0.343 e. The van der Waals surface area contributed by atoms with E-state index in [2.05, 4.69) is 5.09 Å². The number of nitrogens with zero attached hydrogens (tertiary/aromatic N) is 1. The first-order chi connectivity index (χ1) is 5.73. The molecule has 1 aliphatic heterocycles. The van der Waals surface area contributed by atoms with Gasteiger partial charge in [-0.05, 0) is 13.5 Å². The second-order valence-electron chi connectivity index (χ2n) is 2.57. The van der Waals surface area contributed by atoms with Crippen LogP contribution in [0.1, 0.15) is 6.42 Å². The summed E-state index contributed by atoms with van der Waals surface area (Å²) in [6.07, 6.45) is 0.919. The monoisotopic (exact) mass is 212 g/mol. The van der Waals surface area contributed by atoms with Gasteiger partial charge in [0.2, 0.25) is 0 Å². The first-order valence-electron chi connectivity index (χ1n) is 3.98. The van der Waals surface area contributed by atoms with Gasteiger partial charge in [-0.3, -0.25) is 4.57 Å². The van der Waals surface area contributed by atoms with Crippen LogP contribution in [0.3, 0.4) is 0 Å². The molecule has 72 valence electrons. The third-order valence-corrected chi connectivity index (χ3v) is 4.24. The smallest absolute Gasteiger partial charge is 0.306 e. The van der Waals surface area contributed by atoms with Crippen molar-refractivity contribution in [1.29, 1.82) is 0 Å². The van der Waals surface area contributed by atoms with Gasteiger partial charge in [-0.2, -0.15) is 0 Å². The summed E-state index contributed by atoms with van der Waals surface area (Å²) < 4.78 is 18.8. The maximum absolute atomic E-state index is 11.9. The van der Waals surface area contributed by atoms with Crippen molar-refractivity contribution in [1.82, 2.24) is 9.76 Å². The van der Waals surface area contributed by atoms with E-state index >= 15 is 0 Å². The zero-order chi connectivity index (χ0) is 9.03. The standard InChI is InChI=1S/C6H14ClN2O2P/c1-8-12(10)9(5-3-7)4-2-6-11-12/h2-6H2,1H3,(H,8,10).